The number of piperidine rings is 1. The Hall–Kier alpha value is -4.96. The summed E-state index contributed by atoms with van der Waals surface area (Å²) in [6, 6.07) is 23.2. The van der Waals surface area contributed by atoms with E-state index in [9.17, 15) is 9.90 Å². The number of aromatic hydroxyl groups is 1. The van der Waals surface area contributed by atoms with Gasteiger partial charge in [-0.1, -0.05) is 30.3 Å². The van der Waals surface area contributed by atoms with E-state index in [-0.39, 0.29) is 17.7 Å². The highest BCUT2D eigenvalue weighted by Crippen LogP contribution is 2.35. The minimum atomic E-state index is -0.683. The van der Waals surface area contributed by atoms with Crippen LogP contribution in [-0.4, -0.2) is 54.8 Å². The minimum Gasteiger partial charge on any atom is -0.508 e. The van der Waals surface area contributed by atoms with Crippen molar-refractivity contribution >= 4 is 22.8 Å². The van der Waals surface area contributed by atoms with Crippen LogP contribution in [0.15, 0.2) is 85.2 Å². The van der Waals surface area contributed by atoms with Crippen molar-refractivity contribution in [3.05, 3.63) is 90.8 Å². The molecule has 208 valence electrons. The number of phenolic OH excluding ortho intramolecular Hbond substituents is 1. The van der Waals surface area contributed by atoms with Crippen LogP contribution in [0, 0.1) is 0 Å². The van der Waals surface area contributed by atoms with Crippen LogP contribution in [0.5, 0.6) is 17.2 Å². The molecule has 3 aromatic carbocycles. The van der Waals surface area contributed by atoms with Crippen molar-refractivity contribution in [2.24, 2.45) is 5.73 Å². The van der Waals surface area contributed by atoms with Gasteiger partial charge >= 0.3 is 0 Å². The molecule has 3 heterocycles. The number of rotatable bonds is 7. The molecule has 1 amide bonds. The molecule has 2 aromatic heterocycles. The molecular formula is C31H31N7O3. The maximum Gasteiger partial charge on any atom is 0.239 e. The second kappa shape index (κ2) is 11.3. The zero-order chi connectivity index (χ0) is 28.3. The molecule has 1 fully saturated rings. The predicted octanol–water partition coefficient (Wildman–Crippen LogP) is 4.31. The number of nitrogens with zero attached hydrogens (tertiary/aromatic N) is 5. The van der Waals surface area contributed by atoms with Crippen molar-refractivity contribution < 1.29 is 14.6 Å². The third kappa shape index (κ3) is 5.55. The Balaban J connectivity index is 1.24. The smallest absolute Gasteiger partial charge is 0.239 e. The van der Waals surface area contributed by atoms with Crippen molar-refractivity contribution in [3.8, 4) is 28.5 Å². The monoisotopic (exact) mass is 549 g/mol. The van der Waals surface area contributed by atoms with Crippen LogP contribution >= 0.6 is 0 Å². The summed E-state index contributed by atoms with van der Waals surface area (Å²) in [4.78, 5) is 23.9. The van der Waals surface area contributed by atoms with Gasteiger partial charge in [0.15, 0.2) is 5.65 Å². The number of benzene rings is 3. The summed E-state index contributed by atoms with van der Waals surface area (Å²) in [5.74, 6) is 1.88. The molecule has 41 heavy (non-hydrogen) atoms. The molecule has 1 aliphatic heterocycles. The first kappa shape index (κ1) is 26.3. The number of ether oxygens (including phenoxy) is 1. The standard InChI is InChI=1S/C31H31N7O3/c32-26(17-20-8-12-23(39)13-9-20)31(40)37-16-4-5-22(18-37)38-30-27(29(33)34-19-35-30)28(36-38)21-10-14-25(15-11-21)41-24-6-2-1-3-7-24/h1-3,6-15,19,22,26,39H,4-5,16-18,32H2,(H2,33,34,35)/t22-,26-/m1/s1. The van der Waals surface area contributed by atoms with Gasteiger partial charge in [-0.05, 0) is 73.4 Å². The Bertz CT molecular complexity index is 1650. The molecule has 10 heteroatoms. The number of amides is 1. The second-order valence-corrected chi connectivity index (χ2v) is 10.2. The van der Waals surface area contributed by atoms with Gasteiger partial charge in [0.2, 0.25) is 5.91 Å². The SMILES string of the molecule is Nc1ncnc2c1c(-c1ccc(Oc3ccccc3)cc1)nn2[C@@H]1CCCN(C(=O)[C@H](N)Cc2ccc(O)cc2)C1. The van der Waals surface area contributed by atoms with Gasteiger partial charge in [0.25, 0.3) is 0 Å². The number of likely N-dealkylation sites (tertiary alicyclic amines) is 1. The lowest BCUT2D eigenvalue weighted by Crippen LogP contribution is -2.49. The molecule has 6 rings (SSSR count). The number of aromatic nitrogens is 4. The van der Waals surface area contributed by atoms with Crippen molar-refractivity contribution in [1.82, 2.24) is 24.6 Å². The molecule has 0 spiro atoms. The van der Waals surface area contributed by atoms with Crippen molar-refractivity contribution in [2.75, 3.05) is 18.8 Å². The second-order valence-electron chi connectivity index (χ2n) is 10.2. The van der Waals surface area contributed by atoms with E-state index in [0.717, 1.165) is 29.7 Å². The summed E-state index contributed by atoms with van der Waals surface area (Å²) in [6.45, 7) is 1.09. The van der Waals surface area contributed by atoms with Gasteiger partial charge in [-0.2, -0.15) is 5.10 Å². The molecular weight excluding hydrogens is 518 g/mol. The maximum absolute atomic E-state index is 13.3. The molecule has 2 atom stereocenters. The first-order chi connectivity index (χ1) is 20.0. The highest BCUT2D eigenvalue weighted by Gasteiger charge is 2.30. The number of anilines is 1. The van der Waals surface area contributed by atoms with Crippen LogP contribution in [0.3, 0.4) is 0 Å². The predicted molar refractivity (Wildman–Crippen MR) is 156 cm³/mol. The third-order valence-electron chi connectivity index (χ3n) is 7.39. The van der Waals surface area contributed by atoms with E-state index in [4.69, 9.17) is 21.3 Å². The number of carbonyl (C=O) groups excluding carboxylic acids is 1. The van der Waals surface area contributed by atoms with Gasteiger partial charge in [-0.15, -0.1) is 0 Å². The number of hydrogen-bond donors (Lipinski definition) is 3. The number of hydrogen-bond acceptors (Lipinski definition) is 8. The molecule has 0 unspecified atom stereocenters. The molecule has 0 bridgehead atoms. The van der Waals surface area contributed by atoms with Crippen molar-refractivity contribution in [1.29, 1.82) is 0 Å². The van der Waals surface area contributed by atoms with Gasteiger partial charge in [0, 0.05) is 18.7 Å². The van der Waals surface area contributed by atoms with Crippen molar-refractivity contribution in [3.63, 3.8) is 0 Å². The van der Waals surface area contributed by atoms with Crippen LogP contribution in [0.1, 0.15) is 24.4 Å². The minimum absolute atomic E-state index is 0.0974. The zero-order valence-electron chi connectivity index (χ0n) is 22.4. The topological polar surface area (TPSA) is 145 Å². The number of nitrogen functional groups attached to an aromatic ring is 1. The highest BCUT2D eigenvalue weighted by molar-refractivity contribution is 5.98. The Labute approximate surface area is 237 Å². The lowest BCUT2D eigenvalue weighted by molar-refractivity contribution is -0.134. The van der Waals surface area contributed by atoms with Gasteiger partial charge in [0.1, 0.15) is 35.1 Å². The lowest BCUT2D eigenvalue weighted by Gasteiger charge is -2.34. The quantitative estimate of drug-likeness (QED) is 0.272. The molecule has 0 aliphatic carbocycles. The first-order valence-electron chi connectivity index (χ1n) is 13.6. The molecule has 10 nitrogen and oxygen atoms in total. The fourth-order valence-electron chi connectivity index (χ4n) is 5.32. The van der Waals surface area contributed by atoms with E-state index in [0.29, 0.717) is 47.8 Å². The summed E-state index contributed by atoms with van der Waals surface area (Å²) < 4.78 is 7.82. The van der Waals surface area contributed by atoms with E-state index in [1.54, 1.807) is 24.3 Å². The number of para-hydroxylation sites is 1. The zero-order valence-corrected chi connectivity index (χ0v) is 22.4. The molecule has 0 saturated carbocycles. The Morgan fingerprint density at radius 3 is 2.49 bits per heavy atom. The summed E-state index contributed by atoms with van der Waals surface area (Å²) in [7, 11) is 0. The molecule has 0 radical (unpaired) electrons. The Kier molecular flexibility index (Phi) is 7.22. The molecule has 1 aliphatic rings. The van der Waals surface area contributed by atoms with E-state index in [1.807, 2.05) is 64.2 Å². The summed E-state index contributed by atoms with van der Waals surface area (Å²) >= 11 is 0. The van der Waals surface area contributed by atoms with E-state index < -0.39 is 6.04 Å². The van der Waals surface area contributed by atoms with Crippen LogP contribution < -0.4 is 16.2 Å². The number of nitrogens with two attached hydrogens (primary N) is 2. The third-order valence-corrected chi connectivity index (χ3v) is 7.39. The van der Waals surface area contributed by atoms with Gasteiger partial charge in [0.05, 0.1) is 17.5 Å². The Morgan fingerprint density at radius 2 is 1.73 bits per heavy atom. The number of fused-ring (bicyclic) bond motifs is 1. The lowest BCUT2D eigenvalue weighted by atomic mass is 10.0. The largest absolute Gasteiger partial charge is 0.508 e. The van der Waals surface area contributed by atoms with E-state index in [2.05, 4.69) is 9.97 Å². The van der Waals surface area contributed by atoms with Gasteiger partial charge in [-0.3, -0.25) is 4.79 Å². The number of phenols is 1. The number of carbonyl (C=O) groups is 1. The molecule has 5 N–H and O–H groups in total. The van der Waals surface area contributed by atoms with Gasteiger partial charge < -0.3 is 26.2 Å². The van der Waals surface area contributed by atoms with E-state index in [1.165, 1.54) is 6.33 Å². The summed E-state index contributed by atoms with van der Waals surface area (Å²) in [5.41, 5.74) is 15.7. The van der Waals surface area contributed by atoms with Gasteiger partial charge in [-0.25, -0.2) is 14.6 Å². The average molecular weight is 550 g/mol. The summed E-state index contributed by atoms with van der Waals surface area (Å²) in [5, 5.41) is 15.2. The highest BCUT2D eigenvalue weighted by atomic mass is 16.5. The average Bonchev–Trinajstić information content (AvgIpc) is 3.40. The summed E-state index contributed by atoms with van der Waals surface area (Å²) in [6.07, 6.45) is 3.48. The van der Waals surface area contributed by atoms with Crippen LogP contribution in [-0.2, 0) is 11.2 Å². The van der Waals surface area contributed by atoms with Crippen LogP contribution in [0.25, 0.3) is 22.3 Å². The van der Waals surface area contributed by atoms with Crippen LogP contribution in [0.2, 0.25) is 0 Å². The normalized spacial score (nSPS) is 16.0. The first-order valence-corrected chi connectivity index (χ1v) is 13.6. The fraction of sp³-hybridized carbons (Fsp3) is 0.226. The van der Waals surface area contributed by atoms with E-state index >= 15 is 0 Å². The van der Waals surface area contributed by atoms with Crippen molar-refractivity contribution in [2.45, 2.75) is 31.3 Å². The maximum atomic E-state index is 13.3. The fourth-order valence-corrected chi connectivity index (χ4v) is 5.32. The Morgan fingerprint density at radius 1 is 1.00 bits per heavy atom. The molecule has 1 saturated heterocycles. The molecule has 5 aromatic rings. The van der Waals surface area contributed by atoms with Crippen LogP contribution in [0.4, 0.5) is 5.82 Å².